The van der Waals surface area contributed by atoms with Gasteiger partial charge in [0.15, 0.2) is 0 Å². The standard InChI is InChI=1S/C19H22N2O3/c1-12-6-5-7-18(20-12)21(2)19(22)16-11-14(16)15-10-13(23-3)8-9-17(15)24-4/h5-10,14,16H,11H2,1-4H3. The molecular formula is C19H22N2O3. The number of aromatic nitrogens is 1. The van der Waals surface area contributed by atoms with Crippen LogP contribution in [0.4, 0.5) is 5.82 Å². The fourth-order valence-electron chi connectivity index (χ4n) is 3.02. The lowest BCUT2D eigenvalue weighted by atomic mass is 10.1. The minimum absolute atomic E-state index is 0.0432. The summed E-state index contributed by atoms with van der Waals surface area (Å²) in [5, 5.41) is 0. The summed E-state index contributed by atoms with van der Waals surface area (Å²) in [5.41, 5.74) is 1.93. The van der Waals surface area contributed by atoms with Crippen LogP contribution in [0.2, 0.25) is 0 Å². The molecule has 1 amide bonds. The summed E-state index contributed by atoms with van der Waals surface area (Å²) in [4.78, 5) is 18.8. The van der Waals surface area contributed by atoms with Crippen molar-refractivity contribution >= 4 is 11.7 Å². The molecular weight excluding hydrogens is 304 g/mol. The molecule has 1 saturated carbocycles. The molecule has 0 aliphatic heterocycles. The molecule has 24 heavy (non-hydrogen) atoms. The van der Waals surface area contributed by atoms with Gasteiger partial charge in [0.25, 0.3) is 0 Å². The van der Waals surface area contributed by atoms with E-state index in [1.54, 1.807) is 26.2 Å². The van der Waals surface area contributed by atoms with Gasteiger partial charge in [-0.25, -0.2) is 4.98 Å². The van der Waals surface area contributed by atoms with Crippen molar-refractivity contribution in [2.24, 2.45) is 5.92 Å². The van der Waals surface area contributed by atoms with Gasteiger partial charge in [0.1, 0.15) is 17.3 Å². The smallest absolute Gasteiger partial charge is 0.231 e. The Labute approximate surface area is 142 Å². The molecule has 1 aromatic carbocycles. The van der Waals surface area contributed by atoms with Gasteiger partial charge >= 0.3 is 0 Å². The number of aryl methyl sites for hydroxylation is 1. The molecule has 0 N–H and O–H groups in total. The molecule has 2 atom stereocenters. The zero-order chi connectivity index (χ0) is 17.3. The molecule has 3 rings (SSSR count). The number of pyridine rings is 1. The highest BCUT2D eigenvalue weighted by Gasteiger charge is 2.47. The van der Waals surface area contributed by atoms with Crippen molar-refractivity contribution in [2.45, 2.75) is 19.3 Å². The van der Waals surface area contributed by atoms with Crippen molar-refractivity contribution in [3.63, 3.8) is 0 Å². The van der Waals surface area contributed by atoms with Crippen LogP contribution in [0.1, 0.15) is 23.6 Å². The van der Waals surface area contributed by atoms with Crippen LogP contribution in [0.25, 0.3) is 0 Å². The van der Waals surface area contributed by atoms with Crippen LogP contribution in [-0.4, -0.2) is 32.2 Å². The summed E-state index contributed by atoms with van der Waals surface area (Å²) in [6.07, 6.45) is 0.818. The van der Waals surface area contributed by atoms with E-state index in [4.69, 9.17) is 9.47 Å². The SMILES string of the molecule is COc1ccc(OC)c(C2CC2C(=O)N(C)c2cccc(C)n2)c1. The third-order valence-electron chi connectivity index (χ3n) is 4.49. The van der Waals surface area contributed by atoms with Crippen LogP contribution in [-0.2, 0) is 4.79 Å². The third-order valence-corrected chi connectivity index (χ3v) is 4.49. The van der Waals surface area contributed by atoms with Crippen LogP contribution in [0.15, 0.2) is 36.4 Å². The van der Waals surface area contributed by atoms with Gasteiger partial charge in [0, 0.05) is 30.1 Å². The van der Waals surface area contributed by atoms with Gasteiger partial charge in [-0.1, -0.05) is 6.07 Å². The molecule has 1 fully saturated rings. The maximum Gasteiger partial charge on any atom is 0.231 e. The lowest BCUT2D eigenvalue weighted by molar-refractivity contribution is -0.119. The molecule has 2 aromatic rings. The Morgan fingerprint density at radius 2 is 2.00 bits per heavy atom. The number of anilines is 1. The highest BCUT2D eigenvalue weighted by Crippen LogP contribution is 2.52. The normalized spacial score (nSPS) is 18.8. The molecule has 126 valence electrons. The first kappa shape index (κ1) is 16.3. The van der Waals surface area contributed by atoms with Gasteiger partial charge in [-0.05, 0) is 43.7 Å². The highest BCUT2D eigenvalue weighted by molar-refractivity contribution is 5.96. The lowest BCUT2D eigenvalue weighted by Crippen LogP contribution is -2.29. The van der Waals surface area contributed by atoms with E-state index in [-0.39, 0.29) is 17.7 Å². The lowest BCUT2D eigenvalue weighted by Gasteiger charge is -2.17. The van der Waals surface area contributed by atoms with E-state index in [2.05, 4.69) is 4.98 Å². The predicted molar refractivity (Wildman–Crippen MR) is 92.8 cm³/mol. The number of hydrogen-bond donors (Lipinski definition) is 0. The maximum atomic E-state index is 12.8. The Hall–Kier alpha value is -2.56. The molecule has 1 heterocycles. The molecule has 1 aliphatic carbocycles. The number of carbonyl (C=O) groups excluding carboxylic acids is 1. The number of methoxy groups -OCH3 is 2. The minimum atomic E-state index is -0.0432. The molecule has 1 aromatic heterocycles. The quantitative estimate of drug-likeness (QED) is 0.847. The molecule has 0 radical (unpaired) electrons. The van der Waals surface area contributed by atoms with Gasteiger partial charge in [-0.15, -0.1) is 0 Å². The van der Waals surface area contributed by atoms with Crippen molar-refractivity contribution in [1.82, 2.24) is 4.98 Å². The van der Waals surface area contributed by atoms with E-state index < -0.39 is 0 Å². The zero-order valence-electron chi connectivity index (χ0n) is 14.4. The van der Waals surface area contributed by atoms with Crippen molar-refractivity contribution in [3.05, 3.63) is 47.7 Å². The van der Waals surface area contributed by atoms with E-state index in [9.17, 15) is 4.79 Å². The Balaban J connectivity index is 1.78. The first-order valence-corrected chi connectivity index (χ1v) is 7.98. The Morgan fingerprint density at radius 3 is 2.67 bits per heavy atom. The Bertz CT molecular complexity index is 760. The van der Waals surface area contributed by atoms with Gasteiger partial charge < -0.3 is 9.47 Å². The van der Waals surface area contributed by atoms with E-state index in [0.717, 1.165) is 29.2 Å². The summed E-state index contributed by atoms with van der Waals surface area (Å²) in [7, 11) is 5.06. The summed E-state index contributed by atoms with van der Waals surface area (Å²) in [5.74, 6) is 2.46. The number of ether oxygens (including phenoxy) is 2. The predicted octanol–water partition coefficient (Wildman–Crippen LogP) is 3.17. The van der Waals surface area contributed by atoms with Crippen molar-refractivity contribution < 1.29 is 14.3 Å². The molecule has 0 spiro atoms. The van der Waals surface area contributed by atoms with E-state index in [1.807, 2.05) is 43.3 Å². The van der Waals surface area contributed by atoms with E-state index in [1.165, 1.54) is 0 Å². The van der Waals surface area contributed by atoms with Gasteiger partial charge in [0.2, 0.25) is 5.91 Å². The van der Waals surface area contributed by atoms with Crippen LogP contribution >= 0.6 is 0 Å². The number of nitrogens with zero attached hydrogens (tertiary/aromatic N) is 2. The third kappa shape index (κ3) is 3.07. The van der Waals surface area contributed by atoms with E-state index >= 15 is 0 Å². The maximum absolute atomic E-state index is 12.8. The number of benzene rings is 1. The van der Waals surface area contributed by atoms with Crippen molar-refractivity contribution in [1.29, 1.82) is 0 Å². The molecule has 5 heteroatoms. The summed E-state index contributed by atoms with van der Waals surface area (Å²) in [6.45, 7) is 1.92. The Morgan fingerprint density at radius 1 is 1.21 bits per heavy atom. The minimum Gasteiger partial charge on any atom is -0.497 e. The van der Waals surface area contributed by atoms with Crippen molar-refractivity contribution in [2.75, 3.05) is 26.2 Å². The highest BCUT2D eigenvalue weighted by atomic mass is 16.5. The average Bonchev–Trinajstić information content (AvgIpc) is 3.40. The van der Waals surface area contributed by atoms with Gasteiger partial charge in [-0.3, -0.25) is 9.69 Å². The topological polar surface area (TPSA) is 51.7 Å². The first-order chi connectivity index (χ1) is 11.5. The van der Waals surface area contributed by atoms with E-state index in [0.29, 0.717) is 5.82 Å². The van der Waals surface area contributed by atoms with Crippen LogP contribution < -0.4 is 14.4 Å². The monoisotopic (exact) mass is 326 g/mol. The van der Waals surface area contributed by atoms with Crippen LogP contribution in [0.3, 0.4) is 0 Å². The van der Waals surface area contributed by atoms with Gasteiger partial charge in [0.05, 0.1) is 14.2 Å². The molecule has 2 unspecified atom stereocenters. The number of carbonyl (C=O) groups is 1. The first-order valence-electron chi connectivity index (χ1n) is 7.98. The molecule has 0 saturated heterocycles. The number of amides is 1. The summed E-state index contributed by atoms with van der Waals surface area (Å²) < 4.78 is 10.7. The fourth-order valence-corrected chi connectivity index (χ4v) is 3.02. The van der Waals surface area contributed by atoms with Gasteiger partial charge in [-0.2, -0.15) is 0 Å². The fraction of sp³-hybridized carbons (Fsp3) is 0.368. The number of hydrogen-bond acceptors (Lipinski definition) is 4. The van der Waals surface area contributed by atoms with Crippen LogP contribution in [0.5, 0.6) is 11.5 Å². The second-order valence-electron chi connectivity index (χ2n) is 6.09. The second kappa shape index (κ2) is 6.51. The largest absolute Gasteiger partial charge is 0.497 e. The second-order valence-corrected chi connectivity index (χ2v) is 6.09. The summed E-state index contributed by atoms with van der Waals surface area (Å²) >= 11 is 0. The molecule has 1 aliphatic rings. The van der Waals surface area contributed by atoms with Crippen molar-refractivity contribution in [3.8, 4) is 11.5 Å². The van der Waals surface area contributed by atoms with Crippen LogP contribution in [0, 0.1) is 12.8 Å². The summed E-state index contributed by atoms with van der Waals surface area (Å²) in [6, 6.07) is 11.4. The molecule has 0 bridgehead atoms. The molecule has 5 nitrogen and oxygen atoms in total. The Kier molecular flexibility index (Phi) is 4.42. The zero-order valence-corrected chi connectivity index (χ0v) is 14.4. The number of rotatable bonds is 5. The average molecular weight is 326 g/mol.